The number of hydrogen-bond acceptors (Lipinski definition) is 4. The van der Waals surface area contributed by atoms with Gasteiger partial charge in [-0.15, -0.1) is 0 Å². The van der Waals surface area contributed by atoms with E-state index >= 15 is 0 Å². The highest BCUT2D eigenvalue weighted by Crippen LogP contribution is 2.23. The monoisotopic (exact) mass is 383 g/mol. The van der Waals surface area contributed by atoms with E-state index in [9.17, 15) is 4.79 Å². The second-order valence-electron chi connectivity index (χ2n) is 6.70. The highest BCUT2D eigenvalue weighted by Gasteiger charge is 2.12. The van der Waals surface area contributed by atoms with E-state index in [1.807, 2.05) is 47.1 Å². The molecule has 0 bridgehead atoms. The zero-order valence-electron chi connectivity index (χ0n) is 15.8. The summed E-state index contributed by atoms with van der Waals surface area (Å²) in [6.07, 6.45) is 3.62. The first-order valence-corrected chi connectivity index (χ1v) is 9.34. The number of nitrogens with one attached hydrogen (secondary N) is 1. The number of carbonyl (C=O) groups is 1. The first-order chi connectivity index (χ1) is 14.2. The van der Waals surface area contributed by atoms with E-state index in [1.54, 1.807) is 12.3 Å². The van der Waals surface area contributed by atoms with Crippen LogP contribution in [0.15, 0.2) is 85.2 Å². The Morgan fingerprint density at radius 3 is 2.45 bits per heavy atom. The van der Waals surface area contributed by atoms with Crippen molar-refractivity contribution in [2.45, 2.75) is 13.1 Å². The molecule has 144 valence electrons. The molecule has 2 heterocycles. The van der Waals surface area contributed by atoms with E-state index in [-0.39, 0.29) is 5.69 Å². The smallest absolute Gasteiger partial charge is 0.267 e. The Labute approximate surface area is 169 Å². The summed E-state index contributed by atoms with van der Waals surface area (Å²) in [5, 5.41) is 8.17. The number of anilines is 1. The number of nitrogens with two attached hydrogens (primary N) is 1. The lowest BCUT2D eigenvalue weighted by atomic mass is 10.1. The first kappa shape index (κ1) is 18.4. The zero-order valence-corrected chi connectivity index (χ0v) is 15.8. The lowest BCUT2D eigenvalue weighted by molar-refractivity contribution is 0.0995. The van der Waals surface area contributed by atoms with E-state index in [0.29, 0.717) is 13.1 Å². The molecule has 4 aromatic rings. The standard InChI is InChI=1S/C23H21N5O/c24-23(29)21-13-20(11-12-25-21)26-14-19-16-28(15-17-7-3-1-4-8-17)27-22(19)18-9-5-2-6-10-18/h1-13,16H,14-15H2,(H2,24,29)(H,25,26). The summed E-state index contributed by atoms with van der Waals surface area (Å²) < 4.78 is 1.95. The van der Waals surface area contributed by atoms with Gasteiger partial charge in [0.25, 0.3) is 5.91 Å². The largest absolute Gasteiger partial charge is 0.381 e. The first-order valence-electron chi connectivity index (χ1n) is 9.34. The number of pyridine rings is 1. The number of nitrogens with zero attached hydrogens (tertiary/aromatic N) is 3. The quantitative estimate of drug-likeness (QED) is 0.509. The molecule has 0 saturated heterocycles. The van der Waals surface area contributed by atoms with Crippen molar-refractivity contribution in [3.05, 3.63) is 102 Å². The van der Waals surface area contributed by atoms with Crippen LogP contribution in [0.4, 0.5) is 5.69 Å². The summed E-state index contributed by atoms with van der Waals surface area (Å²) in [5.41, 5.74) is 10.6. The van der Waals surface area contributed by atoms with Crippen LogP contribution in [0.2, 0.25) is 0 Å². The molecule has 1 amide bonds. The molecule has 4 rings (SSSR count). The fraction of sp³-hybridized carbons (Fsp3) is 0.0870. The van der Waals surface area contributed by atoms with Crippen molar-refractivity contribution in [3.8, 4) is 11.3 Å². The third-order valence-electron chi connectivity index (χ3n) is 4.57. The lowest BCUT2D eigenvalue weighted by Crippen LogP contribution is -2.13. The fourth-order valence-corrected chi connectivity index (χ4v) is 3.16. The third-order valence-corrected chi connectivity index (χ3v) is 4.57. The van der Waals surface area contributed by atoms with Gasteiger partial charge in [-0.05, 0) is 17.7 Å². The second kappa shape index (κ2) is 8.39. The minimum absolute atomic E-state index is 0.234. The van der Waals surface area contributed by atoms with E-state index in [4.69, 9.17) is 10.8 Å². The van der Waals surface area contributed by atoms with Crippen molar-refractivity contribution < 1.29 is 4.79 Å². The zero-order chi connectivity index (χ0) is 20.1. The Morgan fingerprint density at radius 2 is 1.72 bits per heavy atom. The molecule has 0 aliphatic heterocycles. The van der Waals surface area contributed by atoms with Gasteiger partial charge in [0.15, 0.2) is 0 Å². The molecule has 0 spiro atoms. The molecule has 0 aliphatic carbocycles. The van der Waals surface area contributed by atoms with Crippen molar-refractivity contribution in [1.29, 1.82) is 0 Å². The van der Waals surface area contributed by atoms with Gasteiger partial charge in [-0.1, -0.05) is 60.7 Å². The average Bonchev–Trinajstić information content (AvgIpc) is 3.16. The average molecular weight is 383 g/mol. The van der Waals surface area contributed by atoms with Crippen molar-refractivity contribution >= 4 is 11.6 Å². The Kier molecular flexibility index (Phi) is 5.33. The van der Waals surface area contributed by atoms with E-state index in [1.165, 1.54) is 5.56 Å². The summed E-state index contributed by atoms with van der Waals surface area (Å²) in [5.74, 6) is -0.547. The number of carbonyl (C=O) groups excluding carboxylic acids is 1. The van der Waals surface area contributed by atoms with Gasteiger partial charge in [-0.2, -0.15) is 5.10 Å². The van der Waals surface area contributed by atoms with Crippen LogP contribution in [0.5, 0.6) is 0 Å². The van der Waals surface area contributed by atoms with Crippen LogP contribution >= 0.6 is 0 Å². The Morgan fingerprint density at radius 1 is 1.00 bits per heavy atom. The molecule has 6 heteroatoms. The molecule has 29 heavy (non-hydrogen) atoms. The summed E-state index contributed by atoms with van der Waals surface area (Å²) in [6, 6.07) is 23.8. The van der Waals surface area contributed by atoms with Gasteiger partial charge in [-0.25, -0.2) is 0 Å². The van der Waals surface area contributed by atoms with Crippen LogP contribution in [0.3, 0.4) is 0 Å². The molecule has 2 aromatic heterocycles. The van der Waals surface area contributed by atoms with Crippen LogP contribution in [-0.2, 0) is 13.1 Å². The molecule has 6 nitrogen and oxygen atoms in total. The maximum atomic E-state index is 11.4. The van der Waals surface area contributed by atoms with E-state index in [2.05, 4.69) is 40.8 Å². The predicted molar refractivity (Wildman–Crippen MR) is 113 cm³/mol. The number of amides is 1. The highest BCUT2D eigenvalue weighted by atomic mass is 16.1. The van der Waals surface area contributed by atoms with Crippen molar-refractivity contribution in [1.82, 2.24) is 14.8 Å². The third kappa shape index (κ3) is 4.50. The Balaban J connectivity index is 1.60. The minimum Gasteiger partial charge on any atom is -0.381 e. The predicted octanol–water partition coefficient (Wildman–Crippen LogP) is 3.70. The SMILES string of the molecule is NC(=O)c1cc(NCc2cn(Cc3ccccc3)nc2-c2ccccc2)ccn1. The number of benzene rings is 2. The van der Waals surface area contributed by atoms with Crippen molar-refractivity contribution in [2.24, 2.45) is 5.73 Å². The van der Waals surface area contributed by atoms with Crippen molar-refractivity contribution in [2.75, 3.05) is 5.32 Å². The lowest BCUT2D eigenvalue weighted by Gasteiger charge is -2.07. The van der Waals surface area contributed by atoms with Crippen LogP contribution in [-0.4, -0.2) is 20.7 Å². The number of hydrogen-bond donors (Lipinski definition) is 2. The maximum Gasteiger partial charge on any atom is 0.267 e. The van der Waals surface area contributed by atoms with Gasteiger partial charge in [-0.3, -0.25) is 14.5 Å². The Hall–Kier alpha value is -3.93. The van der Waals surface area contributed by atoms with Crippen LogP contribution in [0, 0.1) is 0 Å². The highest BCUT2D eigenvalue weighted by molar-refractivity contribution is 5.91. The van der Waals surface area contributed by atoms with Gasteiger partial charge in [0.1, 0.15) is 5.69 Å². The van der Waals surface area contributed by atoms with Gasteiger partial charge in [0.05, 0.1) is 12.2 Å². The maximum absolute atomic E-state index is 11.4. The second-order valence-corrected chi connectivity index (χ2v) is 6.70. The normalized spacial score (nSPS) is 10.6. The molecule has 0 saturated carbocycles. The molecule has 0 radical (unpaired) electrons. The number of primary amides is 1. The summed E-state index contributed by atoms with van der Waals surface area (Å²) >= 11 is 0. The summed E-state index contributed by atoms with van der Waals surface area (Å²) in [6.45, 7) is 1.25. The van der Waals surface area contributed by atoms with Crippen LogP contribution < -0.4 is 11.1 Å². The number of rotatable bonds is 7. The topological polar surface area (TPSA) is 85.8 Å². The molecule has 2 aromatic carbocycles. The molecule has 0 atom stereocenters. The van der Waals surface area contributed by atoms with Gasteiger partial charge in [0, 0.05) is 35.8 Å². The minimum atomic E-state index is -0.547. The molecular formula is C23H21N5O. The molecule has 0 fully saturated rings. The molecular weight excluding hydrogens is 362 g/mol. The van der Waals surface area contributed by atoms with Gasteiger partial charge >= 0.3 is 0 Å². The summed E-state index contributed by atoms with van der Waals surface area (Å²) in [4.78, 5) is 15.3. The fourth-order valence-electron chi connectivity index (χ4n) is 3.16. The molecule has 3 N–H and O–H groups in total. The molecule has 0 unspecified atom stereocenters. The number of aromatic nitrogens is 3. The van der Waals surface area contributed by atoms with Gasteiger partial charge in [0.2, 0.25) is 0 Å². The van der Waals surface area contributed by atoms with Crippen LogP contribution in [0.1, 0.15) is 21.6 Å². The van der Waals surface area contributed by atoms with E-state index in [0.717, 1.165) is 22.5 Å². The van der Waals surface area contributed by atoms with Crippen molar-refractivity contribution in [3.63, 3.8) is 0 Å². The molecule has 0 aliphatic rings. The van der Waals surface area contributed by atoms with Crippen LogP contribution in [0.25, 0.3) is 11.3 Å². The van der Waals surface area contributed by atoms with E-state index < -0.39 is 5.91 Å². The van der Waals surface area contributed by atoms with Gasteiger partial charge < -0.3 is 11.1 Å². The Bertz CT molecular complexity index is 1110. The summed E-state index contributed by atoms with van der Waals surface area (Å²) in [7, 11) is 0.